The van der Waals surface area contributed by atoms with E-state index in [1.165, 1.54) is 0 Å². The second-order valence-corrected chi connectivity index (χ2v) is 17.1. The van der Waals surface area contributed by atoms with E-state index in [4.69, 9.17) is 11.3 Å². The van der Waals surface area contributed by atoms with Crippen molar-refractivity contribution >= 4 is 16.4 Å². The van der Waals surface area contributed by atoms with Gasteiger partial charge in [-0.25, -0.2) is 0 Å². The molecule has 0 aliphatic rings. The Hall–Kier alpha value is 0.394. The normalized spacial score (nSPS) is 15.6. The van der Waals surface area contributed by atoms with Gasteiger partial charge >= 0.3 is 0 Å². The molecule has 2 radical (unpaired) electrons. The molecule has 0 aromatic rings. The van der Waals surface area contributed by atoms with Crippen molar-refractivity contribution in [3.8, 4) is 0 Å². The van der Waals surface area contributed by atoms with Crippen LogP contribution in [0, 0.1) is 6.92 Å². The monoisotopic (exact) mass is 244 g/mol. The van der Waals surface area contributed by atoms with Gasteiger partial charge in [-0.1, -0.05) is 26.6 Å². The summed E-state index contributed by atoms with van der Waals surface area (Å²) in [5.74, 6) is 0. The van der Waals surface area contributed by atoms with Crippen molar-refractivity contribution in [2.24, 2.45) is 0 Å². The minimum absolute atomic E-state index is 0.208. The summed E-state index contributed by atoms with van der Waals surface area (Å²) >= 11 is 0. The Morgan fingerprint density at radius 3 is 1.40 bits per heavy atom. The van der Waals surface area contributed by atoms with Gasteiger partial charge in [0.25, 0.3) is 0 Å². The summed E-state index contributed by atoms with van der Waals surface area (Å²) < 4.78 is 6.27. The molecule has 0 spiro atoms. The first-order chi connectivity index (χ1) is 6.21. The minimum atomic E-state index is -1.54. The summed E-state index contributed by atoms with van der Waals surface area (Å²) in [5.41, 5.74) is -0.234. The lowest BCUT2D eigenvalue weighted by Gasteiger charge is -2.51. The van der Waals surface area contributed by atoms with Crippen LogP contribution in [0.25, 0.3) is 0 Å². The summed E-state index contributed by atoms with van der Waals surface area (Å²) in [7, 11) is -2.98. The number of hydrogen-bond donors (Lipinski definition) is 0. The van der Waals surface area contributed by atoms with Crippen molar-refractivity contribution in [3.63, 3.8) is 0 Å². The van der Waals surface area contributed by atoms with Crippen molar-refractivity contribution in [1.82, 2.24) is 0 Å². The molecule has 0 aliphatic carbocycles. The number of hydrogen-bond acceptors (Lipinski definition) is 1. The molecule has 1 nitrogen and oxygen atoms in total. The van der Waals surface area contributed by atoms with Crippen molar-refractivity contribution < 1.29 is 4.43 Å². The lowest BCUT2D eigenvalue weighted by Crippen LogP contribution is -2.54. The average molecular weight is 245 g/mol. The van der Waals surface area contributed by atoms with Crippen LogP contribution in [0.1, 0.15) is 20.8 Å². The quantitative estimate of drug-likeness (QED) is 0.665. The maximum absolute atomic E-state index is 6.54. The minimum Gasteiger partial charge on any atom is -0.412 e. The third kappa shape index (κ3) is 3.72. The van der Waals surface area contributed by atoms with E-state index in [-0.39, 0.29) is 10.6 Å². The largest absolute Gasteiger partial charge is 0.412 e. The SMILES string of the molecule is [CH]C(C)(C(C)(C)O[Si](C)(C)C)[Si](C)(C)C. The van der Waals surface area contributed by atoms with Crippen LogP contribution >= 0.6 is 0 Å². The Bertz CT molecular complexity index is 219. The van der Waals surface area contributed by atoms with Gasteiger partial charge < -0.3 is 4.43 Å². The zero-order chi connectivity index (χ0) is 12.7. The molecule has 15 heavy (non-hydrogen) atoms. The van der Waals surface area contributed by atoms with E-state index < -0.39 is 16.4 Å². The third-order valence-corrected chi connectivity index (χ3v) is 8.21. The van der Waals surface area contributed by atoms with Crippen LogP contribution in [0.4, 0.5) is 0 Å². The molecule has 1 unspecified atom stereocenters. The van der Waals surface area contributed by atoms with Crippen LogP contribution in [0.3, 0.4) is 0 Å². The second-order valence-electron chi connectivity index (χ2n) is 7.18. The standard InChI is InChI=1S/C12H28OSi2/c1-11(2,13-15(8,9)10)12(3,4)14(5,6)7/h3H,1-2,4-10H3. The first kappa shape index (κ1) is 15.4. The number of rotatable bonds is 4. The predicted molar refractivity (Wildman–Crippen MR) is 74.5 cm³/mol. The Labute approximate surface area is 98.8 Å². The molecule has 0 saturated carbocycles. The maximum Gasteiger partial charge on any atom is 0.184 e. The fourth-order valence-electron chi connectivity index (χ4n) is 1.77. The molecule has 0 saturated heterocycles. The summed E-state index contributed by atoms with van der Waals surface area (Å²) in [6, 6.07) is 0. The lowest BCUT2D eigenvalue weighted by atomic mass is 9.93. The highest BCUT2D eigenvalue weighted by atomic mass is 28.4. The van der Waals surface area contributed by atoms with Crippen LogP contribution in [0.2, 0.25) is 44.3 Å². The molecular weight excluding hydrogens is 216 g/mol. The average Bonchev–Trinajstić information content (AvgIpc) is 1.77. The molecule has 0 heterocycles. The van der Waals surface area contributed by atoms with Crippen molar-refractivity contribution in [2.75, 3.05) is 0 Å². The van der Waals surface area contributed by atoms with Crippen molar-refractivity contribution in [3.05, 3.63) is 6.92 Å². The van der Waals surface area contributed by atoms with Crippen molar-refractivity contribution in [1.29, 1.82) is 0 Å². The highest BCUT2D eigenvalue weighted by Crippen LogP contribution is 2.49. The second kappa shape index (κ2) is 4.00. The summed E-state index contributed by atoms with van der Waals surface area (Å²) in [6.45, 7) is 26.6. The van der Waals surface area contributed by atoms with Gasteiger partial charge in [-0.2, -0.15) is 0 Å². The van der Waals surface area contributed by atoms with Crippen LogP contribution in [0.5, 0.6) is 0 Å². The van der Waals surface area contributed by atoms with E-state index >= 15 is 0 Å². The fourth-order valence-corrected chi connectivity index (χ4v) is 5.48. The molecule has 3 heteroatoms. The Morgan fingerprint density at radius 1 is 0.867 bits per heavy atom. The van der Waals surface area contributed by atoms with E-state index in [2.05, 4.69) is 60.1 Å². The van der Waals surface area contributed by atoms with E-state index in [0.29, 0.717) is 0 Å². The molecule has 0 aliphatic heterocycles. The summed E-state index contributed by atoms with van der Waals surface area (Å²) in [6.07, 6.45) is 0. The van der Waals surface area contributed by atoms with Gasteiger partial charge in [0.05, 0.1) is 13.7 Å². The molecule has 1 atom stereocenters. The van der Waals surface area contributed by atoms with Gasteiger partial charge in [0.1, 0.15) is 0 Å². The molecule has 0 fully saturated rings. The lowest BCUT2D eigenvalue weighted by molar-refractivity contribution is 0.0670. The zero-order valence-electron chi connectivity index (χ0n) is 12.0. The molecule has 0 bridgehead atoms. The summed E-state index contributed by atoms with van der Waals surface area (Å²) in [5, 5.41) is -0.208. The molecule has 0 aromatic carbocycles. The zero-order valence-corrected chi connectivity index (χ0v) is 14.0. The molecule has 90 valence electrons. The Balaban J connectivity index is 5.03. The maximum atomic E-state index is 6.54. The van der Waals surface area contributed by atoms with Crippen LogP contribution in [-0.4, -0.2) is 22.0 Å². The third-order valence-electron chi connectivity index (χ3n) is 3.37. The van der Waals surface area contributed by atoms with Gasteiger partial charge in [-0.3, -0.25) is 0 Å². The first-order valence-corrected chi connectivity index (χ1v) is 12.6. The molecular formula is C12H28OSi2. The van der Waals surface area contributed by atoms with Crippen LogP contribution in [0.15, 0.2) is 0 Å². The molecule has 0 aromatic heterocycles. The van der Waals surface area contributed by atoms with Crippen LogP contribution < -0.4 is 0 Å². The van der Waals surface area contributed by atoms with Crippen LogP contribution in [-0.2, 0) is 4.43 Å². The highest BCUT2D eigenvalue weighted by molar-refractivity contribution is 6.79. The van der Waals surface area contributed by atoms with Gasteiger partial charge in [0.15, 0.2) is 8.32 Å². The Morgan fingerprint density at radius 2 is 1.20 bits per heavy atom. The fraction of sp³-hybridized carbons (Fsp3) is 0.917. The van der Waals surface area contributed by atoms with Gasteiger partial charge in [0, 0.05) is 0 Å². The van der Waals surface area contributed by atoms with E-state index in [1.54, 1.807) is 0 Å². The molecule has 0 N–H and O–H groups in total. The topological polar surface area (TPSA) is 9.23 Å². The van der Waals surface area contributed by atoms with Gasteiger partial charge in [-0.05, 0) is 45.5 Å². The van der Waals surface area contributed by atoms with Gasteiger partial charge in [-0.15, -0.1) is 0 Å². The predicted octanol–water partition coefficient (Wildman–Crippen LogP) is 4.43. The first-order valence-electron chi connectivity index (χ1n) is 5.70. The van der Waals surface area contributed by atoms with Crippen molar-refractivity contribution in [2.45, 2.75) is 70.7 Å². The Kier molecular flexibility index (Phi) is 4.11. The van der Waals surface area contributed by atoms with Gasteiger partial charge in [0.2, 0.25) is 0 Å². The smallest absolute Gasteiger partial charge is 0.184 e. The van der Waals surface area contributed by atoms with E-state index in [1.807, 2.05) is 0 Å². The highest BCUT2D eigenvalue weighted by Gasteiger charge is 2.49. The summed E-state index contributed by atoms with van der Waals surface area (Å²) in [4.78, 5) is 0. The molecule has 0 amide bonds. The van der Waals surface area contributed by atoms with E-state index in [0.717, 1.165) is 0 Å². The molecule has 0 rings (SSSR count). The van der Waals surface area contributed by atoms with E-state index in [9.17, 15) is 0 Å².